The van der Waals surface area contributed by atoms with E-state index in [1.165, 1.54) is 12.1 Å². The largest absolute Gasteiger partial charge is 0.497 e. The van der Waals surface area contributed by atoms with Gasteiger partial charge in [0.2, 0.25) is 5.91 Å². The summed E-state index contributed by atoms with van der Waals surface area (Å²) in [5, 5.41) is 5.29. The maximum absolute atomic E-state index is 12.3. The van der Waals surface area contributed by atoms with Gasteiger partial charge in [-0.1, -0.05) is 37.6 Å². The zero-order valence-corrected chi connectivity index (χ0v) is 17.9. The molecule has 162 valence electrons. The fourth-order valence-electron chi connectivity index (χ4n) is 2.57. The van der Waals surface area contributed by atoms with E-state index >= 15 is 0 Å². The lowest BCUT2D eigenvalue weighted by atomic mass is 10.1. The van der Waals surface area contributed by atoms with Crippen molar-refractivity contribution in [1.82, 2.24) is 15.4 Å². The molecule has 0 spiro atoms. The van der Waals surface area contributed by atoms with E-state index in [1.807, 2.05) is 23.8 Å². The predicted molar refractivity (Wildman–Crippen MR) is 114 cm³/mol. The SMILES string of the molecule is CCCCNC(=O)NS(=O)(=O)c1ccc(CNC(=O)Cc2ccc(OC)cc2)cc1. The maximum Gasteiger partial charge on any atom is 0.328 e. The minimum atomic E-state index is -3.95. The van der Waals surface area contributed by atoms with Gasteiger partial charge in [0.25, 0.3) is 10.0 Å². The third-order valence-electron chi connectivity index (χ3n) is 4.29. The molecular weight excluding hydrogens is 406 g/mol. The van der Waals surface area contributed by atoms with Crippen LogP contribution in [0.15, 0.2) is 53.4 Å². The topological polar surface area (TPSA) is 114 Å². The minimum absolute atomic E-state index is 0.0264. The van der Waals surface area contributed by atoms with Gasteiger partial charge >= 0.3 is 6.03 Å². The van der Waals surface area contributed by atoms with Gasteiger partial charge in [0, 0.05) is 13.1 Å². The number of rotatable bonds is 10. The van der Waals surface area contributed by atoms with Crippen LogP contribution < -0.4 is 20.1 Å². The smallest absolute Gasteiger partial charge is 0.328 e. The Morgan fingerprint density at radius 1 is 0.933 bits per heavy atom. The molecule has 8 nitrogen and oxygen atoms in total. The van der Waals surface area contributed by atoms with Gasteiger partial charge in [0.15, 0.2) is 0 Å². The lowest BCUT2D eigenvalue weighted by molar-refractivity contribution is -0.120. The number of hydrogen-bond acceptors (Lipinski definition) is 5. The first-order valence-corrected chi connectivity index (χ1v) is 11.1. The number of amides is 3. The van der Waals surface area contributed by atoms with Crippen molar-refractivity contribution in [2.24, 2.45) is 0 Å². The number of urea groups is 1. The van der Waals surface area contributed by atoms with Crippen LogP contribution in [0.3, 0.4) is 0 Å². The Kier molecular flexibility index (Phi) is 8.67. The number of methoxy groups -OCH3 is 1. The van der Waals surface area contributed by atoms with Gasteiger partial charge in [-0.15, -0.1) is 0 Å². The van der Waals surface area contributed by atoms with Crippen LogP contribution in [0.1, 0.15) is 30.9 Å². The second kappa shape index (κ2) is 11.2. The van der Waals surface area contributed by atoms with E-state index in [9.17, 15) is 18.0 Å². The molecule has 0 radical (unpaired) electrons. The molecular formula is C21H27N3O5S. The van der Waals surface area contributed by atoms with Crippen molar-refractivity contribution in [3.63, 3.8) is 0 Å². The number of sulfonamides is 1. The second-order valence-electron chi connectivity index (χ2n) is 6.66. The molecule has 0 unspecified atom stereocenters. The lowest BCUT2D eigenvalue weighted by Crippen LogP contribution is -2.39. The fourth-order valence-corrected chi connectivity index (χ4v) is 3.50. The van der Waals surface area contributed by atoms with E-state index < -0.39 is 16.1 Å². The van der Waals surface area contributed by atoms with Gasteiger partial charge in [-0.05, 0) is 41.8 Å². The van der Waals surface area contributed by atoms with Crippen molar-refractivity contribution < 1.29 is 22.7 Å². The first-order chi connectivity index (χ1) is 14.3. The van der Waals surface area contributed by atoms with E-state index in [0.29, 0.717) is 6.54 Å². The number of ether oxygens (including phenoxy) is 1. The second-order valence-corrected chi connectivity index (χ2v) is 8.34. The molecule has 0 saturated heterocycles. The number of benzene rings is 2. The summed E-state index contributed by atoms with van der Waals surface area (Å²) in [6.45, 7) is 2.65. The highest BCUT2D eigenvalue weighted by molar-refractivity contribution is 7.90. The lowest BCUT2D eigenvalue weighted by Gasteiger charge is -2.10. The highest BCUT2D eigenvalue weighted by Gasteiger charge is 2.17. The maximum atomic E-state index is 12.3. The highest BCUT2D eigenvalue weighted by atomic mass is 32.2. The quantitative estimate of drug-likeness (QED) is 0.498. The Hall–Kier alpha value is -3.07. The van der Waals surface area contributed by atoms with Crippen molar-refractivity contribution in [2.75, 3.05) is 13.7 Å². The Labute approximate surface area is 177 Å². The Morgan fingerprint density at radius 3 is 2.17 bits per heavy atom. The van der Waals surface area contributed by atoms with Crippen LogP contribution in [0.2, 0.25) is 0 Å². The fraction of sp³-hybridized carbons (Fsp3) is 0.333. The molecule has 0 bridgehead atoms. The molecule has 0 aliphatic heterocycles. The highest BCUT2D eigenvalue weighted by Crippen LogP contribution is 2.12. The van der Waals surface area contributed by atoms with E-state index in [1.54, 1.807) is 31.4 Å². The molecule has 2 aromatic carbocycles. The Morgan fingerprint density at radius 2 is 1.57 bits per heavy atom. The molecule has 0 aromatic heterocycles. The summed E-state index contributed by atoms with van der Waals surface area (Å²) in [6, 6.07) is 12.5. The first kappa shape index (κ1) is 23.2. The van der Waals surface area contributed by atoms with Crippen LogP contribution in [-0.4, -0.2) is 34.0 Å². The summed E-state index contributed by atoms with van der Waals surface area (Å²) in [6.07, 6.45) is 1.89. The van der Waals surface area contributed by atoms with Crippen LogP contribution in [0.25, 0.3) is 0 Å². The van der Waals surface area contributed by atoms with Crippen molar-refractivity contribution in [2.45, 2.75) is 37.6 Å². The summed E-state index contributed by atoms with van der Waals surface area (Å²) in [7, 11) is -2.37. The monoisotopic (exact) mass is 433 g/mol. The zero-order valence-electron chi connectivity index (χ0n) is 17.1. The van der Waals surface area contributed by atoms with Crippen LogP contribution in [0.5, 0.6) is 5.75 Å². The van der Waals surface area contributed by atoms with Gasteiger partial charge in [-0.2, -0.15) is 0 Å². The Balaban J connectivity index is 1.85. The molecule has 2 aromatic rings. The van der Waals surface area contributed by atoms with Crippen LogP contribution in [0, 0.1) is 0 Å². The summed E-state index contributed by atoms with van der Waals surface area (Å²) in [5.41, 5.74) is 1.60. The van der Waals surface area contributed by atoms with Gasteiger partial charge in [0.1, 0.15) is 5.75 Å². The minimum Gasteiger partial charge on any atom is -0.497 e. The molecule has 0 fully saturated rings. The number of nitrogens with one attached hydrogen (secondary N) is 3. The molecule has 30 heavy (non-hydrogen) atoms. The average molecular weight is 434 g/mol. The van der Waals surface area contributed by atoms with Gasteiger partial charge in [0.05, 0.1) is 18.4 Å². The van der Waals surface area contributed by atoms with E-state index in [-0.39, 0.29) is 23.8 Å². The number of unbranched alkanes of at least 4 members (excludes halogenated alkanes) is 1. The number of carbonyl (C=O) groups is 2. The summed E-state index contributed by atoms with van der Waals surface area (Å²) >= 11 is 0. The summed E-state index contributed by atoms with van der Waals surface area (Å²) in [5.74, 6) is 0.574. The molecule has 0 saturated carbocycles. The van der Waals surface area contributed by atoms with Crippen molar-refractivity contribution >= 4 is 22.0 Å². The molecule has 9 heteroatoms. The van der Waals surface area contributed by atoms with Gasteiger partial charge < -0.3 is 15.4 Å². The molecule has 0 atom stereocenters. The predicted octanol–water partition coefficient (Wildman–Crippen LogP) is 2.34. The zero-order chi connectivity index (χ0) is 22.0. The third-order valence-corrected chi connectivity index (χ3v) is 5.64. The molecule has 0 aliphatic carbocycles. The van der Waals surface area contributed by atoms with Gasteiger partial charge in [-0.3, -0.25) is 4.79 Å². The van der Waals surface area contributed by atoms with Crippen molar-refractivity contribution in [1.29, 1.82) is 0 Å². The van der Waals surface area contributed by atoms with E-state index in [2.05, 4.69) is 10.6 Å². The van der Waals surface area contributed by atoms with Crippen LogP contribution in [0.4, 0.5) is 4.79 Å². The van der Waals surface area contributed by atoms with E-state index in [4.69, 9.17) is 4.74 Å². The average Bonchev–Trinajstić information content (AvgIpc) is 2.73. The first-order valence-electron chi connectivity index (χ1n) is 9.63. The van der Waals surface area contributed by atoms with Crippen LogP contribution >= 0.6 is 0 Å². The standard InChI is InChI=1S/C21H27N3O5S/c1-3-4-13-22-21(26)24-30(27,28)19-11-7-17(8-12-19)15-23-20(25)14-16-5-9-18(29-2)10-6-16/h5-12H,3-4,13-15H2,1-2H3,(H,23,25)(H2,22,24,26). The molecule has 2 rings (SSSR count). The van der Waals surface area contributed by atoms with E-state index in [0.717, 1.165) is 29.7 Å². The van der Waals surface area contributed by atoms with Crippen molar-refractivity contribution in [3.05, 3.63) is 59.7 Å². The summed E-state index contributed by atoms with van der Waals surface area (Å²) < 4.78 is 31.6. The van der Waals surface area contributed by atoms with Crippen molar-refractivity contribution in [3.8, 4) is 5.75 Å². The number of hydrogen-bond donors (Lipinski definition) is 3. The summed E-state index contributed by atoms with van der Waals surface area (Å²) in [4.78, 5) is 23.8. The molecule has 0 heterocycles. The van der Waals surface area contributed by atoms with Gasteiger partial charge in [-0.25, -0.2) is 17.9 Å². The normalized spacial score (nSPS) is 10.9. The molecule has 0 aliphatic rings. The number of carbonyl (C=O) groups excluding carboxylic acids is 2. The molecule has 3 N–H and O–H groups in total. The molecule has 3 amide bonds. The third kappa shape index (κ3) is 7.40. The Bertz CT molecular complexity index is 942. The van der Waals surface area contributed by atoms with Crippen LogP contribution in [-0.2, 0) is 27.8 Å².